The second-order valence-electron chi connectivity index (χ2n) is 5.55. The van der Waals surface area contributed by atoms with E-state index in [1.165, 1.54) is 0 Å². The highest BCUT2D eigenvalue weighted by Crippen LogP contribution is 2.22. The van der Waals surface area contributed by atoms with Crippen molar-refractivity contribution in [3.8, 4) is 0 Å². The summed E-state index contributed by atoms with van der Waals surface area (Å²) in [5.41, 5.74) is 8.48. The van der Waals surface area contributed by atoms with Crippen molar-refractivity contribution < 1.29 is 5.21 Å². The van der Waals surface area contributed by atoms with Crippen LogP contribution in [0.2, 0.25) is 0 Å². The summed E-state index contributed by atoms with van der Waals surface area (Å²) in [6.45, 7) is 8.71. The third kappa shape index (κ3) is 4.60. The van der Waals surface area contributed by atoms with Gasteiger partial charge >= 0.3 is 0 Å². The molecule has 0 amide bonds. The Kier molecular flexibility index (Phi) is 6.42. The first-order chi connectivity index (χ1) is 9.90. The number of amidine groups is 1. The molecule has 0 fully saturated rings. The zero-order chi connectivity index (χ0) is 16.0. The average molecular weight is 293 g/mol. The molecule has 21 heavy (non-hydrogen) atoms. The number of pyridine rings is 1. The van der Waals surface area contributed by atoms with Crippen LogP contribution in [0.3, 0.4) is 0 Å². The molecule has 0 aliphatic carbocycles. The van der Waals surface area contributed by atoms with Crippen LogP contribution >= 0.6 is 0 Å². The topological polar surface area (TPSA) is 78.0 Å². The van der Waals surface area contributed by atoms with Crippen LogP contribution in [0.1, 0.15) is 30.2 Å². The first-order valence-electron chi connectivity index (χ1n) is 7.26. The second kappa shape index (κ2) is 7.83. The molecule has 3 N–H and O–H groups in total. The molecule has 0 bridgehead atoms. The first kappa shape index (κ1) is 17.2. The minimum atomic E-state index is 0.112. The lowest BCUT2D eigenvalue weighted by atomic mass is 10.1. The maximum atomic E-state index is 9.04. The van der Waals surface area contributed by atoms with E-state index < -0.39 is 0 Å². The number of oxime groups is 1. The number of anilines is 1. The number of aryl methyl sites for hydroxylation is 2. The van der Waals surface area contributed by atoms with Gasteiger partial charge in [0, 0.05) is 25.3 Å². The molecule has 0 spiro atoms. The van der Waals surface area contributed by atoms with Crippen molar-refractivity contribution in [1.29, 1.82) is 0 Å². The molecule has 6 heteroatoms. The van der Waals surface area contributed by atoms with Crippen LogP contribution in [-0.2, 0) is 0 Å². The van der Waals surface area contributed by atoms with Gasteiger partial charge in [-0.05, 0) is 46.0 Å². The van der Waals surface area contributed by atoms with Gasteiger partial charge < -0.3 is 20.7 Å². The summed E-state index contributed by atoms with van der Waals surface area (Å²) in [6.07, 6.45) is 1.01. The van der Waals surface area contributed by atoms with Crippen LogP contribution in [0, 0.1) is 13.8 Å². The van der Waals surface area contributed by atoms with E-state index in [0.29, 0.717) is 0 Å². The van der Waals surface area contributed by atoms with E-state index in [1.807, 2.05) is 34.0 Å². The highest BCUT2D eigenvalue weighted by Gasteiger charge is 2.18. The molecule has 0 unspecified atom stereocenters. The number of nitrogens with two attached hydrogens (primary N) is 1. The van der Waals surface area contributed by atoms with Gasteiger partial charge in [-0.3, -0.25) is 0 Å². The van der Waals surface area contributed by atoms with Crippen molar-refractivity contribution in [2.75, 3.05) is 38.6 Å². The maximum absolute atomic E-state index is 9.04. The van der Waals surface area contributed by atoms with Crippen molar-refractivity contribution in [2.24, 2.45) is 10.9 Å². The Hall–Kier alpha value is -1.82. The van der Waals surface area contributed by atoms with E-state index >= 15 is 0 Å². The van der Waals surface area contributed by atoms with Crippen LogP contribution in [0.5, 0.6) is 0 Å². The summed E-state index contributed by atoms with van der Waals surface area (Å²) in [5.74, 6) is 0.910. The van der Waals surface area contributed by atoms with E-state index in [1.54, 1.807) is 0 Å². The summed E-state index contributed by atoms with van der Waals surface area (Å²) in [5, 5.41) is 12.2. The molecule has 1 heterocycles. The number of hydrogen-bond donors (Lipinski definition) is 2. The molecule has 0 aromatic carbocycles. The van der Waals surface area contributed by atoms with Gasteiger partial charge in [0.25, 0.3) is 0 Å². The van der Waals surface area contributed by atoms with Crippen LogP contribution in [0.4, 0.5) is 5.82 Å². The standard InChI is InChI=1S/C15H27N5O/c1-6-7-20(9-8-19(4)5)15-13(14(16)18-21)11(2)10-12(3)17-15/h10,21H,6-9H2,1-5H3,(H2,16,18). The highest BCUT2D eigenvalue weighted by molar-refractivity contribution is 6.02. The Morgan fingerprint density at radius 2 is 1.95 bits per heavy atom. The number of aromatic nitrogens is 1. The van der Waals surface area contributed by atoms with E-state index in [4.69, 9.17) is 10.9 Å². The van der Waals surface area contributed by atoms with Crippen molar-refractivity contribution >= 4 is 11.7 Å². The molecular formula is C15H27N5O. The molecular weight excluding hydrogens is 266 g/mol. The van der Waals surface area contributed by atoms with Crippen molar-refractivity contribution in [1.82, 2.24) is 9.88 Å². The monoisotopic (exact) mass is 293 g/mol. The molecule has 0 aliphatic rings. The van der Waals surface area contributed by atoms with Gasteiger partial charge in [-0.15, -0.1) is 0 Å². The lowest BCUT2D eigenvalue weighted by molar-refractivity contribution is 0.318. The van der Waals surface area contributed by atoms with Crippen LogP contribution < -0.4 is 10.6 Å². The smallest absolute Gasteiger partial charge is 0.174 e. The molecule has 0 saturated carbocycles. The van der Waals surface area contributed by atoms with Gasteiger partial charge in [0.15, 0.2) is 5.84 Å². The fraction of sp³-hybridized carbons (Fsp3) is 0.600. The van der Waals surface area contributed by atoms with Gasteiger partial charge in [-0.1, -0.05) is 12.1 Å². The van der Waals surface area contributed by atoms with E-state index in [-0.39, 0.29) is 5.84 Å². The summed E-state index contributed by atoms with van der Waals surface area (Å²) in [4.78, 5) is 8.97. The Labute approximate surface area is 127 Å². The van der Waals surface area contributed by atoms with Crippen molar-refractivity contribution in [3.05, 3.63) is 22.9 Å². The molecule has 0 atom stereocenters. The predicted octanol–water partition coefficient (Wildman–Crippen LogP) is 1.57. The molecule has 0 radical (unpaired) electrons. The quantitative estimate of drug-likeness (QED) is 0.345. The van der Waals surface area contributed by atoms with Gasteiger partial charge in [0.1, 0.15) is 5.82 Å². The zero-order valence-electron chi connectivity index (χ0n) is 13.7. The largest absolute Gasteiger partial charge is 0.409 e. The fourth-order valence-electron chi connectivity index (χ4n) is 2.33. The number of nitrogens with zero attached hydrogens (tertiary/aromatic N) is 4. The molecule has 0 saturated heterocycles. The van der Waals surface area contributed by atoms with Crippen molar-refractivity contribution in [3.63, 3.8) is 0 Å². The Bertz CT molecular complexity index is 499. The molecule has 1 aromatic rings. The zero-order valence-corrected chi connectivity index (χ0v) is 13.7. The number of hydrogen-bond acceptors (Lipinski definition) is 5. The Morgan fingerprint density at radius 1 is 1.29 bits per heavy atom. The van der Waals surface area contributed by atoms with Gasteiger partial charge in [0.05, 0.1) is 5.56 Å². The predicted molar refractivity (Wildman–Crippen MR) is 87.3 cm³/mol. The molecule has 6 nitrogen and oxygen atoms in total. The van der Waals surface area contributed by atoms with Gasteiger partial charge in [-0.25, -0.2) is 4.98 Å². The third-order valence-corrected chi connectivity index (χ3v) is 3.30. The van der Waals surface area contributed by atoms with E-state index in [0.717, 1.165) is 48.7 Å². The number of likely N-dealkylation sites (N-methyl/N-ethyl adjacent to an activating group) is 1. The number of rotatable bonds is 7. The third-order valence-electron chi connectivity index (χ3n) is 3.30. The van der Waals surface area contributed by atoms with Gasteiger partial charge in [-0.2, -0.15) is 0 Å². The van der Waals surface area contributed by atoms with Crippen LogP contribution in [0.15, 0.2) is 11.2 Å². The molecule has 118 valence electrons. The SMILES string of the molecule is CCCN(CCN(C)C)c1nc(C)cc(C)c1C(N)=NO. The van der Waals surface area contributed by atoms with Crippen LogP contribution in [-0.4, -0.2) is 54.7 Å². The first-order valence-corrected chi connectivity index (χ1v) is 7.26. The lowest BCUT2D eigenvalue weighted by Crippen LogP contribution is -2.35. The summed E-state index contributed by atoms with van der Waals surface area (Å²) < 4.78 is 0. The highest BCUT2D eigenvalue weighted by atomic mass is 16.4. The van der Waals surface area contributed by atoms with Gasteiger partial charge in [0.2, 0.25) is 0 Å². The van der Waals surface area contributed by atoms with Crippen LogP contribution in [0.25, 0.3) is 0 Å². The summed E-state index contributed by atoms with van der Waals surface area (Å²) in [7, 11) is 4.09. The summed E-state index contributed by atoms with van der Waals surface area (Å²) >= 11 is 0. The van der Waals surface area contributed by atoms with E-state index in [2.05, 4.69) is 26.9 Å². The maximum Gasteiger partial charge on any atom is 0.174 e. The fourth-order valence-corrected chi connectivity index (χ4v) is 2.33. The Morgan fingerprint density at radius 3 is 2.48 bits per heavy atom. The van der Waals surface area contributed by atoms with E-state index in [9.17, 15) is 0 Å². The second-order valence-corrected chi connectivity index (χ2v) is 5.55. The Balaban J connectivity index is 3.27. The average Bonchev–Trinajstić information content (AvgIpc) is 2.41. The minimum absolute atomic E-state index is 0.112. The molecule has 0 aliphatic heterocycles. The summed E-state index contributed by atoms with van der Waals surface area (Å²) in [6, 6.07) is 1.95. The molecule has 1 rings (SSSR count). The lowest BCUT2D eigenvalue weighted by Gasteiger charge is -2.27. The minimum Gasteiger partial charge on any atom is -0.409 e. The molecule has 1 aromatic heterocycles. The normalized spacial score (nSPS) is 12.0. The van der Waals surface area contributed by atoms with Crippen molar-refractivity contribution in [2.45, 2.75) is 27.2 Å².